The van der Waals surface area contributed by atoms with Gasteiger partial charge >= 0.3 is 0 Å². The van der Waals surface area contributed by atoms with Gasteiger partial charge in [-0.3, -0.25) is 19.3 Å². The zero-order valence-electron chi connectivity index (χ0n) is 17.6. The van der Waals surface area contributed by atoms with E-state index in [4.69, 9.17) is 0 Å². The fourth-order valence-electron chi connectivity index (χ4n) is 4.05. The molecule has 0 bridgehead atoms. The molecule has 31 heavy (non-hydrogen) atoms. The second kappa shape index (κ2) is 8.71. The Balaban J connectivity index is 1.23. The normalized spacial score (nSPS) is 18.7. The van der Waals surface area contributed by atoms with Crippen LogP contribution in [0.15, 0.2) is 54.6 Å². The summed E-state index contributed by atoms with van der Waals surface area (Å²) >= 11 is 0. The van der Waals surface area contributed by atoms with Crippen LogP contribution in [0.5, 0.6) is 0 Å². The van der Waals surface area contributed by atoms with Crippen molar-refractivity contribution in [3.05, 3.63) is 66.0 Å². The number of para-hydroxylation sites is 2. The van der Waals surface area contributed by atoms with E-state index in [0.29, 0.717) is 6.54 Å². The first-order valence-corrected chi connectivity index (χ1v) is 10.6. The van der Waals surface area contributed by atoms with Crippen molar-refractivity contribution in [2.24, 2.45) is 0 Å². The summed E-state index contributed by atoms with van der Waals surface area (Å²) in [4.78, 5) is 46.6. The number of nitrogens with zero attached hydrogens (tertiary/aromatic N) is 2. The number of aryl methyl sites for hydroxylation is 1. The van der Waals surface area contributed by atoms with Gasteiger partial charge in [-0.25, -0.2) is 4.98 Å². The van der Waals surface area contributed by atoms with Gasteiger partial charge in [-0.15, -0.1) is 0 Å². The Morgan fingerprint density at radius 1 is 1.13 bits per heavy atom. The second-order valence-corrected chi connectivity index (χ2v) is 8.13. The van der Waals surface area contributed by atoms with Crippen molar-refractivity contribution in [1.82, 2.24) is 20.2 Å². The smallest absolute Gasteiger partial charge is 0.240 e. The van der Waals surface area contributed by atoms with Crippen LogP contribution in [-0.2, 0) is 26.2 Å². The number of rotatable bonds is 8. The summed E-state index contributed by atoms with van der Waals surface area (Å²) in [7, 11) is 0. The number of benzene rings is 2. The molecule has 4 rings (SSSR count). The molecule has 1 atom stereocenters. The lowest BCUT2D eigenvalue weighted by Crippen LogP contribution is -2.39. The molecular weight excluding hydrogens is 392 g/mol. The predicted octanol–water partition coefficient (Wildman–Crippen LogP) is 2.72. The standard InChI is InChI=1S/C24H26N4O3/c1-24(17-8-3-2-4-9-17)16-22(30)28(23(24)31)15-13-21(29)25-14-7-12-20-26-18-10-5-6-11-19(18)27-20/h2-6,8-11H,7,12-16H2,1H3,(H,25,29)(H,26,27)/t24-/m1/s1. The summed E-state index contributed by atoms with van der Waals surface area (Å²) in [5.74, 6) is 0.262. The van der Waals surface area contributed by atoms with Crippen molar-refractivity contribution in [1.29, 1.82) is 0 Å². The topological polar surface area (TPSA) is 95.2 Å². The molecule has 7 heteroatoms. The van der Waals surface area contributed by atoms with E-state index in [1.54, 1.807) is 6.92 Å². The van der Waals surface area contributed by atoms with Gasteiger partial charge in [-0.1, -0.05) is 42.5 Å². The van der Waals surface area contributed by atoms with Crippen molar-refractivity contribution in [3.8, 4) is 0 Å². The molecular formula is C24H26N4O3. The zero-order chi connectivity index (χ0) is 21.8. The molecule has 0 radical (unpaired) electrons. The van der Waals surface area contributed by atoms with Gasteiger partial charge in [0.05, 0.1) is 16.4 Å². The minimum atomic E-state index is -0.860. The minimum Gasteiger partial charge on any atom is -0.356 e. The van der Waals surface area contributed by atoms with Gasteiger partial charge in [0.2, 0.25) is 17.7 Å². The molecule has 0 saturated carbocycles. The van der Waals surface area contributed by atoms with E-state index in [2.05, 4.69) is 15.3 Å². The van der Waals surface area contributed by atoms with Crippen LogP contribution in [-0.4, -0.2) is 45.7 Å². The Bertz CT molecular complexity index is 1080. The third kappa shape index (κ3) is 4.35. The van der Waals surface area contributed by atoms with Gasteiger partial charge in [0.25, 0.3) is 0 Å². The maximum absolute atomic E-state index is 12.9. The maximum Gasteiger partial charge on any atom is 0.240 e. The number of H-pyrrole nitrogens is 1. The largest absolute Gasteiger partial charge is 0.356 e. The van der Waals surface area contributed by atoms with Crippen molar-refractivity contribution < 1.29 is 14.4 Å². The Labute approximate surface area is 180 Å². The molecule has 3 aromatic rings. The number of likely N-dealkylation sites (tertiary alicyclic amines) is 1. The van der Waals surface area contributed by atoms with E-state index in [1.807, 2.05) is 54.6 Å². The molecule has 1 saturated heterocycles. The molecule has 160 valence electrons. The van der Waals surface area contributed by atoms with E-state index in [0.717, 1.165) is 35.3 Å². The predicted molar refractivity (Wildman–Crippen MR) is 117 cm³/mol. The van der Waals surface area contributed by atoms with Gasteiger partial charge in [0.15, 0.2) is 0 Å². The number of hydrogen-bond acceptors (Lipinski definition) is 4. The number of carbonyl (C=O) groups is 3. The highest BCUT2D eigenvalue weighted by atomic mass is 16.2. The molecule has 2 heterocycles. The number of amides is 3. The molecule has 0 aliphatic carbocycles. The number of imide groups is 1. The third-order valence-corrected chi connectivity index (χ3v) is 5.85. The molecule has 2 N–H and O–H groups in total. The van der Waals surface area contributed by atoms with E-state index >= 15 is 0 Å². The quantitative estimate of drug-likeness (QED) is 0.434. The van der Waals surface area contributed by atoms with Crippen LogP contribution < -0.4 is 5.32 Å². The van der Waals surface area contributed by atoms with E-state index in [1.165, 1.54) is 4.90 Å². The highest BCUT2D eigenvalue weighted by Gasteiger charge is 2.49. The Hall–Kier alpha value is -3.48. The van der Waals surface area contributed by atoms with Crippen LogP contribution >= 0.6 is 0 Å². The van der Waals surface area contributed by atoms with Crippen LogP contribution in [0.4, 0.5) is 0 Å². The van der Waals surface area contributed by atoms with E-state index < -0.39 is 5.41 Å². The summed E-state index contributed by atoms with van der Waals surface area (Å²) in [6, 6.07) is 17.2. The van der Waals surface area contributed by atoms with Gasteiger partial charge in [0.1, 0.15) is 5.82 Å². The lowest BCUT2D eigenvalue weighted by Gasteiger charge is -2.22. The SMILES string of the molecule is C[C@]1(c2ccccc2)CC(=O)N(CCC(=O)NCCCc2nc3ccccc3[nH]2)C1=O. The summed E-state index contributed by atoms with van der Waals surface area (Å²) in [6.07, 6.45) is 1.72. The molecule has 1 aliphatic rings. The number of carbonyl (C=O) groups excluding carboxylic acids is 3. The molecule has 0 unspecified atom stereocenters. The fraction of sp³-hybridized carbons (Fsp3) is 0.333. The number of aromatic amines is 1. The van der Waals surface area contributed by atoms with Crippen molar-refractivity contribution in [3.63, 3.8) is 0 Å². The maximum atomic E-state index is 12.9. The van der Waals surface area contributed by atoms with Crippen LogP contribution in [0.2, 0.25) is 0 Å². The zero-order valence-corrected chi connectivity index (χ0v) is 17.6. The van der Waals surface area contributed by atoms with Crippen LogP contribution in [0.1, 0.15) is 37.6 Å². The first-order chi connectivity index (χ1) is 15.0. The summed E-state index contributed by atoms with van der Waals surface area (Å²) < 4.78 is 0. The van der Waals surface area contributed by atoms with E-state index in [9.17, 15) is 14.4 Å². The molecule has 7 nitrogen and oxygen atoms in total. The van der Waals surface area contributed by atoms with Gasteiger partial charge in [-0.2, -0.15) is 0 Å². The Morgan fingerprint density at radius 3 is 2.65 bits per heavy atom. The van der Waals surface area contributed by atoms with Gasteiger partial charge in [-0.05, 0) is 31.0 Å². The fourth-order valence-corrected chi connectivity index (χ4v) is 4.05. The number of fused-ring (bicyclic) bond motifs is 1. The minimum absolute atomic E-state index is 0.104. The Kier molecular flexibility index (Phi) is 5.84. The summed E-state index contributed by atoms with van der Waals surface area (Å²) in [6.45, 7) is 2.41. The molecule has 1 aliphatic heterocycles. The third-order valence-electron chi connectivity index (χ3n) is 5.85. The van der Waals surface area contributed by atoms with Crippen LogP contribution in [0.3, 0.4) is 0 Å². The number of aromatic nitrogens is 2. The highest BCUT2D eigenvalue weighted by Crippen LogP contribution is 2.36. The number of nitrogens with one attached hydrogen (secondary N) is 2. The van der Waals surface area contributed by atoms with Crippen LogP contribution in [0.25, 0.3) is 11.0 Å². The van der Waals surface area contributed by atoms with Crippen molar-refractivity contribution >= 4 is 28.8 Å². The highest BCUT2D eigenvalue weighted by molar-refractivity contribution is 6.09. The molecule has 1 aromatic heterocycles. The molecule has 0 spiro atoms. The average Bonchev–Trinajstić information content (AvgIpc) is 3.29. The van der Waals surface area contributed by atoms with E-state index in [-0.39, 0.29) is 37.1 Å². The first kappa shape index (κ1) is 20.8. The molecule has 3 amide bonds. The number of imidazole rings is 1. The van der Waals surface area contributed by atoms with Gasteiger partial charge < -0.3 is 10.3 Å². The monoisotopic (exact) mass is 418 g/mol. The Morgan fingerprint density at radius 2 is 1.87 bits per heavy atom. The lowest BCUT2D eigenvalue weighted by atomic mass is 9.81. The number of hydrogen-bond donors (Lipinski definition) is 2. The van der Waals surface area contributed by atoms with Crippen molar-refractivity contribution in [2.45, 2.75) is 38.0 Å². The summed E-state index contributed by atoms with van der Waals surface area (Å²) in [5.41, 5.74) is 1.90. The average molecular weight is 418 g/mol. The lowest BCUT2D eigenvalue weighted by molar-refractivity contribution is -0.140. The summed E-state index contributed by atoms with van der Waals surface area (Å²) in [5, 5.41) is 2.86. The molecule has 1 fully saturated rings. The van der Waals surface area contributed by atoms with Crippen molar-refractivity contribution in [2.75, 3.05) is 13.1 Å². The van der Waals surface area contributed by atoms with Crippen LogP contribution in [0, 0.1) is 0 Å². The first-order valence-electron chi connectivity index (χ1n) is 10.6. The molecule has 2 aromatic carbocycles. The van der Waals surface area contributed by atoms with Gasteiger partial charge in [0, 0.05) is 32.4 Å². The second-order valence-electron chi connectivity index (χ2n) is 8.13.